The molecule has 0 fully saturated rings. The second-order valence-electron chi connectivity index (χ2n) is 10.2. The SMILES string of the molecule is [2H]c1c([2H])c([2H])c(-c2c3ccccc3c(-c3c(-c4ccc5oc6c([2H])c([2H])c([2H])c([2H])c6c5c4)oc4ccccc34)c3ccccc23)c([2H])c1[2H]. The smallest absolute Gasteiger partial charge is 0.143 e. The Bertz CT molecular complexity index is 2890. The molecule has 9 aromatic rings. The van der Waals surface area contributed by atoms with Gasteiger partial charge in [-0.2, -0.15) is 0 Å². The van der Waals surface area contributed by atoms with Gasteiger partial charge in [0.2, 0.25) is 0 Å². The van der Waals surface area contributed by atoms with Gasteiger partial charge in [-0.25, -0.2) is 0 Å². The van der Waals surface area contributed by atoms with E-state index in [0.29, 0.717) is 44.2 Å². The molecule has 2 aromatic heterocycles. The Hall–Kier alpha value is -5.60. The lowest BCUT2D eigenvalue weighted by molar-refractivity contribution is 0.632. The molecule has 0 aliphatic rings. The van der Waals surface area contributed by atoms with E-state index in [1.807, 2.05) is 84.9 Å². The van der Waals surface area contributed by atoms with Crippen molar-refractivity contribution < 1.29 is 21.2 Å². The molecular formula is C40H24O2. The van der Waals surface area contributed by atoms with Crippen LogP contribution in [-0.4, -0.2) is 0 Å². The van der Waals surface area contributed by atoms with Crippen LogP contribution in [-0.2, 0) is 0 Å². The highest BCUT2D eigenvalue weighted by molar-refractivity contribution is 6.25. The molecule has 9 rings (SSSR count). The van der Waals surface area contributed by atoms with E-state index in [-0.39, 0.29) is 52.8 Å². The zero-order valence-corrected chi connectivity index (χ0v) is 22.0. The van der Waals surface area contributed by atoms with Crippen molar-refractivity contribution in [3.63, 3.8) is 0 Å². The highest BCUT2D eigenvalue weighted by Crippen LogP contribution is 2.49. The Morgan fingerprint density at radius 2 is 0.976 bits per heavy atom. The summed E-state index contributed by atoms with van der Waals surface area (Å²) in [5.41, 5.74) is 4.05. The Labute approximate surface area is 254 Å². The summed E-state index contributed by atoms with van der Waals surface area (Å²) in [6, 6.07) is 25.4. The first-order valence-electron chi connectivity index (χ1n) is 18.0. The van der Waals surface area contributed by atoms with E-state index in [9.17, 15) is 0 Å². The summed E-state index contributed by atoms with van der Waals surface area (Å²) in [6.07, 6.45) is 0. The van der Waals surface area contributed by atoms with Gasteiger partial charge >= 0.3 is 0 Å². The van der Waals surface area contributed by atoms with Gasteiger partial charge in [-0.15, -0.1) is 0 Å². The molecule has 0 atom stereocenters. The van der Waals surface area contributed by atoms with Crippen LogP contribution in [0.5, 0.6) is 0 Å². The molecule has 0 unspecified atom stereocenters. The Kier molecular flexibility index (Phi) is 3.41. The van der Waals surface area contributed by atoms with Gasteiger partial charge < -0.3 is 8.83 Å². The number of rotatable bonds is 3. The molecule has 2 heterocycles. The molecule has 0 aliphatic heterocycles. The zero-order chi connectivity index (χ0) is 35.5. The molecule has 196 valence electrons. The Morgan fingerprint density at radius 3 is 1.71 bits per heavy atom. The lowest BCUT2D eigenvalue weighted by Gasteiger charge is -2.18. The van der Waals surface area contributed by atoms with Gasteiger partial charge in [0.15, 0.2) is 0 Å². The van der Waals surface area contributed by atoms with Gasteiger partial charge in [-0.05, 0) is 63.0 Å². The maximum atomic E-state index is 8.89. The van der Waals surface area contributed by atoms with E-state index in [1.165, 1.54) is 0 Å². The number of fused-ring (bicyclic) bond motifs is 6. The quantitative estimate of drug-likeness (QED) is 0.206. The fourth-order valence-electron chi connectivity index (χ4n) is 6.17. The van der Waals surface area contributed by atoms with Crippen LogP contribution < -0.4 is 0 Å². The number of hydrogen-bond donors (Lipinski definition) is 0. The van der Waals surface area contributed by atoms with E-state index in [1.54, 1.807) is 6.07 Å². The fraction of sp³-hybridized carbons (Fsp3) is 0. The number of benzene rings is 7. The molecule has 0 amide bonds. The summed E-state index contributed by atoms with van der Waals surface area (Å²) in [5.74, 6) is 0.527. The number of hydrogen-bond acceptors (Lipinski definition) is 2. The molecule has 0 radical (unpaired) electrons. The van der Waals surface area contributed by atoms with Gasteiger partial charge in [0.25, 0.3) is 0 Å². The summed E-state index contributed by atoms with van der Waals surface area (Å²) < 4.78 is 89.1. The summed E-state index contributed by atoms with van der Waals surface area (Å²) >= 11 is 0. The topological polar surface area (TPSA) is 26.3 Å². The Morgan fingerprint density at radius 1 is 0.381 bits per heavy atom. The molecular weight excluding hydrogens is 512 g/mol. The third-order valence-electron chi connectivity index (χ3n) is 7.90. The minimum Gasteiger partial charge on any atom is -0.456 e. The average molecular weight is 546 g/mol. The van der Waals surface area contributed by atoms with Crippen molar-refractivity contribution in [2.75, 3.05) is 0 Å². The lowest BCUT2D eigenvalue weighted by atomic mass is 9.84. The second-order valence-corrected chi connectivity index (χ2v) is 10.2. The predicted molar refractivity (Wildman–Crippen MR) is 175 cm³/mol. The molecule has 0 aliphatic carbocycles. The van der Waals surface area contributed by atoms with Crippen molar-refractivity contribution in [1.82, 2.24) is 0 Å². The third-order valence-corrected chi connectivity index (χ3v) is 7.90. The largest absolute Gasteiger partial charge is 0.456 e. The second kappa shape index (κ2) is 8.95. The van der Waals surface area contributed by atoms with E-state index in [2.05, 4.69) is 0 Å². The van der Waals surface area contributed by atoms with Crippen molar-refractivity contribution >= 4 is 54.5 Å². The maximum Gasteiger partial charge on any atom is 0.143 e. The van der Waals surface area contributed by atoms with Gasteiger partial charge in [-0.1, -0.05) is 115 Å². The van der Waals surface area contributed by atoms with Crippen LogP contribution >= 0.6 is 0 Å². The monoisotopic (exact) mass is 545 g/mol. The van der Waals surface area contributed by atoms with E-state index in [4.69, 9.17) is 21.2 Å². The molecule has 0 bridgehead atoms. The van der Waals surface area contributed by atoms with Crippen LogP contribution in [0.25, 0.3) is 88.0 Å². The van der Waals surface area contributed by atoms with Crippen molar-refractivity contribution in [1.29, 1.82) is 0 Å². The molecule has 42 heavy (non-hydrogen) atoms. The van der Waals surface area contributed by atoms with Crippen molar-refractivity contribution in [2.45, 2.75) is 0 Å². The summed E-state index contributed by atoms with van der Waals surface area (Å²) in [6.45, 7) is 0. The van der Waals surface area contributed by atoms with Crippen LogP contribution in [0.2, 0.25) is 0 Å². The van der Waals surface area contributed by atoms with Crippen molar-refractivity contribution in [3.05, 3.63) is 145 Å². The standard InChI is InChI=1S/C40H24O2/c1-2-12-25(13-3-1)37-28-15-4-6-17-30(28)38(31-18-7-5-16-29(31)37)39-32-19-9-11-21-35(32)42-40(39)26-22-23-36-33(24-26)27-14-8-10-20-34(27)41-36/h1-24H/i1D,2D,3D,8D,10D,12D,13D,14D,20D. The van der Waals surface area contributed by atoms with E-state index < -0.39 is 18.1 Å². The first-order chi connectivity index (χ1) is 24.6. The van der Waals surface area contributed by atoms with Crippen molar-refractivity contribution in [2.24, 2.45) is 0 Å². The first kappa shape index (κ1) is 16.0. The van der Waals surface area contributed by atoms with E-state index in [0.717, 1.165) is 27.3 Å². The zero-order valence-electron chi connectivity index (χ0n) is 31.0. The van der Waals surface area contributed by atoms with Crippen LogP contribution in [0.15, 0.2) is 154 Å². The molecule has 2 nitrogen and oxygen atoms in total. The molecule has 7 aromatic carbocycles. The normalized spacial score (nSPS) is 14.8. The minimum absolute atomic E-state index is 0.0817. The number of para-hydroxylation sites is 2. The Balaban J connectivity index is 1.42. The van der Waals surface area contributed by atoms with Crippen LogP contribution in [0, 0.1) is 0 Å². The lowest BCUT2D eigenvalue weighted by Crippen LogP contribution is -1.91. The van der Waals surface area contributed by atoms with Crippen LogP contribution in [0.3, 0.4) is 0 Å². The highest BCUT2D eigenvalue weighted by Gasteiger charge is 2.24. The maximum absolute atomic E-state index is 8.89. The molecule has 0 saturated heterocycles. The first-order valence-corrected chi connectivity index (χ1v) is 13.5. The molecule has 2 heteroatoms. The van der Waals surface area contributed by atoms with Crippen molar-refractivity contribution in [3.8, 4) is 33.6 Å². The van der Waals surface area contributed by atoms with Gasteiger partial charge in [0, 0.05) is 32.8 Å². The minimum atomic E-state index is -0.452. The fourth-order valence-corrected chi connectivity index (χ4v) is 6.17. The van der Waals surface area contributed by atoms with Crippen LogP contribution in [0.4, 0.5) is 0 Å². The van der Waals surface area contributed by atoms with Gasteiger partial charge in [-0.3, -0.25) is 0 Å². The third kappa shape index (κ3) is 3.33. The summed E-state index contributed by atoms with van der Waals surface area (Å²) in [5, 5.41) is 4.62. The average Bonchev–Trinajstić information content (AvgIpc) is 3.73. The summed E-state index contributed by atoms with van der Waals surface area (Å²) in [4.78, 5) is 0. The molecule has 0 spiro atoms. The van der Waals surface area contributed by atoms with Crippen LogP contribution in [0.1, 0.15) is 12.3 Å². The van der Waals surface area contributed by atoms with E-state index >= 15 is 0 Å². The number of furan rings is 2. The summed E-state index contributed by atoms with van der Waals surface area (Å²) in [7, 11) is 0. The highest BCUT2D eigenvalue weighted by atomic mass is 16.3. The molecule has 0 saturated carbocycles. The van der Waals surface area contributed by atoms with Gasteiger partial charge in [0.1, 0.15) is 22.5 Å². The predicted octanol–water partition coefficient (Wildman–Crippen LogP) is 11.6. The molecule has 0 N–H and O–H groups in total. The van der Waals surface area contributed by atoms with Gasteiger partial charge in [0.05, 0.1) is 12.3 Å².